The molecule has 0 fully saturated rings. The Kier molecular flexibility index (Phi) is 6.09. The number of nitriles is 1. The molecule has 0 saturated carbocycles. The van der Waals surface area contributed by atoms with Gasteiger partial charge in [0.25, 0.3) is 5.91 Å². The summed E-state index contributed by atoms with van der Waals surface area (Å²) in [4.78, 5) is 27.2. The van der Waals surface area contributed by atoms with Crippen LogP contribution in [0.15, 0.2) is 23.1 Å². The average Bonchev–Trinajstić information content (AvgIpc) is 3.25. The van der Waals surface area contributed by atoms with Crippen LogP contribution in [0.2, 0.25) is 0 Å². The first-order valence-corrected chi connectivity index (χ1v) is 10.5. The Morgan fingerprint density at radius 3 is 2.78 bits per heavy atom. The first-order valence-electron chi connectivity index (χ1n) is 8.81. The molecular formula is C20H20N2O3S2. The van der Waals surface area contributed by atoms with E-state index in [4.69, 9.17) is 4.74 Å². The number of fused-ring (bicyclic) bond motifs is 1. The summed E-state index contributed by atoms with van der Waals surface area (Å²) in [6, 6.07) is 5.64. The van der Waals surface area contributed by atoms with Crippen LogP contribution in [0.4, 0.5) is 5.00 Å². The number of carbonyl (C=O) groups is 2. The van der Waals surface area contributed by atoms with Gasteiger partial charge in [-0.1, -0.05) is 6.07 Å². The third-order valence-corrected chi connectivity index (χ3v) is 6.17. The van der Waals surface area contributed by atoms with Crippen LogP contribution < -0.4 is 5.32 Å². The summed E-state index contributed by atoms with van der Waals surface area (Å²) < 4.78 is 5.39. The smallest absolute Gasteiger partial charge is 0.341 e. The SMILES string of the molecule is CC(C)OC(=O)c1c(NC(=O)/C(C#N)=C/c2cccs2)sc2c1CCCC2. The number of carbonyl (C=O) groups excluding carboxylic acids is 2. The van der Waals surface area contributed by atoms with E-state index in [0.29, 0.717) is 10.6 Å². The molecule has 0 radical (unpaired) electrons. The molecule has 1 amide bonds. The largest absolute Gasteiger partial charge is 0.459 e. The summed E-state index contributed by atoms with van der Waals surface area (Å²) in [6.07, 6.45) is 5.10. The van der Waals surface area contributed by atoms with Gasteiger partial charge >= 0.3 is 5.97 Å². The fourth-order valence-corrected chi connectivity index (χ4v) is 4.91. The number of nitrogens with one attached hydrogen (secondary N) is 1. The molecule has 1 aliphatic rings. The number of aryl methyl sites for hydroxylation is 1. The van der Waals surface area contributed by atoms with Gasteiger partial charge in [-0.05, 0) is 62.6 Å². The molecule has 0 aromatic carbocycles. The van der Waals surface area contributed by atoms with E-state index in [1.165, 1.54) is 22.7 Å². The predicted octanol–water partition coefficient (Wildman–Crippen LogP) is 4.80. The van der Waals surface area contributed by atoms with Gasteiger partial charge < -0.3 is 10.1 Å². The van der Waals surface area contributed by atoms with E-state index >= 15 is 0 Å². The third-order valence-electron chi connectivity index (χ3n) is 4.14. The lowest BCUT2D eigenvalue weighted by Gasteiger charge is -2.14. The highest BCUT2D eigenvalue weighted by atomic mass is 32.1. The highest BCUT2D eigenvalue weighted by molar-refractivity contribution is 7.17. The van der Waals surface area contributed by atoms with E-state index in [2.05, 4.69) is 5.32 Å². The standard InChI is InChI=1S/C20H20N2O3S2/c1-12(2)25-20(24)17-15-7-3-4-8-16(15)27-19(17)22-18(23)13(11-21)10-14-6-5-9-26-14/h5-6,9-10,12H,3-4,7-8H2,1-2H3,(H,22,23)/b13-10+. The monoisotopic (exact) mass is 400 g/mol. The van der Waals surface area contributed by atoms with Crippen molar-refractivity contribution in [1.29, 1.82) is 5.26 Å². The summed E-state index contributed by atoms with van der Waals surface area (Å²) in [6.45, 7) is 3.60. The van der Waals surface area contributed by atoms with E-state index in [1.54, 1.807) is 19.9 Å². The van der Waals surface area contributed by atoms with Crippen molar-refractivity contribution in [3.63, 3.8) is 0 Å². The highest BCUT2D eigenvalue weighted by Gasteiger charge is 2.28. The predicted molar refractivity (Wildman–Crippen MR) is 108 cm³/mol. The lowest BCUT2D eigenvalue weighted by Crippen LogP contribution is -2.18. The molecule has 0 saturated heterocycles. The Hall–Kier alpha value is -2.43. The Morgan fingerprint density at radius 1 is 1.33 bits per heavy atom. The van der Waals surface area contributed by atoms with E-state index in [9.17, 15) is 14.9 Å². The van der Waals surface area contributed by atoms with Crippen molar-refractivity contribution in [1.82, 2.24) is 0 Å². The zero-order chi connectivity index (χ0) is 19.4. The summed E-state index contributed by atoms with van der Waals surface area (Å²) in [5, 5.41) is 14.5. The number of nitrogens with zero attached hydrogens (tertiary/aromatic N) is 1. The second-order valence-electron chi connectivity index (χ2n) is 6.51. The zero-order valence-corrected chi connectivity index (χ0v) is 16.8. The van der Waals surface area contributed by atoms with Crippen LogP contribution in [0.25, 0.3) is 6.08 Å². The Bertz CT molecular complexity index is 918. The van der Waals surface area contributed by atoms with Gasteiger partial charge in [0, 0.05) is 9.75 Å². The van der Waals surface area contributed by atoms with Gasteiger partial charge in [-0.25, -0.2) is 4.79 Å². The molecule has 0 atom stereocenters. The summed E-state index contributed by atoms with van der Waals surface area (Å²) >= 11 is 2.86. The molecule has 140 valence electrons. The molecule has 0 bridgehead atoms. The maximum Gasteiger partial charge on any atom is 0.341 e. The highest BCUT2D eigenvalue weighted by Crippen LogP contribution is 2.39. The third kappa shape index (κ3) is 4.46. The summed E-state index contributed by atoms with van der Waals surface area (Å²) in [5.74, 6) is -0.927. The lowest BCUT2D eigenvalue weighted by atomic mass is 9.95. The van der Waals surface area contributed by atoms with Crippen molar-refractivity contribution in [2.45, 2.75) is 45.6 Å². The number of rotatable bonds is 5. The molecule has 0 spiro atoms. The maximum atomic E-state index is 12.6. The van der Waals surface area contributed by atoms with Crippen LogP contribution in [-0.2, 0) is 22.4 Å². The normalized spacial score (nSPS) is 13.8. The number of amides is 1. The molecule has 2 aromatic rings. The van der Waals surface area contributed by atoms with Gasteiger partial charge in [0.05, 0.1) is 11.7 Å². The maximum absolute atomic E-state index is 12.6. The van der Waals surface area contributed by atoms with Crippen LogP contribution >= 0.6 is 22.7 Å². The summed E-state index contributed by atoms with van der Waals surface area (Å²) in [5.41, 5.74) is 1.44. The average molecular weight is 401 g/mol. The summed E-state index contributed by atoms with van der Waals surface area (Å²) in [7, 11) is 0. The van der Waals surface area contributed by atoms with Crippen LogP contribution in [0.1, 0.15) is 52.4 Å². The molecule has 5 nitrogen and oxygen atoms in total. The van der Waals surface area contributed by atoms with Gasteiger partial charge in [0.1, 0.15) is 16.6 Å². The van der Waals surface area contributed by atoms with Crippen molar-refractivity contribution in [3.05, 3.63) is 44.0 Å². The lowest BCUT2D eigenvalue weighted by molar-refractivity contribution is -0.112. The van der Waals surface area contributed by atoms with Crippen LogP contribution in [0.3, 0.4) is 0 Å². The minimum Gasteiger partial charge on any atom is -0.459 e. The molecule has 1 N–H and O–H groups in total. The van der Waals surface area contributed by atoms with E-state index in [1.807, 2.05) is 23.6 Å². The van der Waals surface area contributed by atoms with Gasteiger partial charge in [-0.3, -0.25) is 4.79 Å². The van der Waals surface area contributed by atoms with Crippen LogP contribution in [0, 0.1) is 11.3 Å². The second-order valence-corrected chi connectivity index (χ2v) is 8.59. The quantitative estimate of drug-likeness (QED) is 0.444. The first kappa shape index (κ1) is 19.3. The molecule has 2 aromatic heterocycles. The van der Waals surface area contributed by atoms with Crippen LogP contribution in [-0.4, -0.2) is 18.0 Å². The fourth-order valence-electron chi connectivity index (χ4n) is 2.98. The molecular weight excluding hydrogens is 380 g/mol. The number of esters is 1. The number of anilines is 1. The molecule has 3 rings (SSSR count). The molecule has 27 heavy (non-hydrogen) atoms. The first-order chi connectivity index (χ1) is 13.0. The van der Waals surface area contributed by atoms with Crippen LogP contribution in [0.5, 0.6) is 0 Å². The number of ether oxygens (including phenoxy) is 1. The number of hydrogen-bond donors (Lipinski definition) is 1. The van der Waals surface area contributed by atoms with Crippen molar-refractivity contribution in [3.8, 4) is 6.07 Å². The fraction of sp³-hybridized carbons (Fsp3) is 0.350. The van der Waals surface area contributed by atoms with Crippen molar-refractivity contribution >= 4 is 45.6 Å². The second kappa shape index (κ2) is 8.51. The zero-order valence-electron chi connectivity index (χ0n) is 15.2. The van der Waals surface area contributed by atoms with E-state index in [-0.39, 0.29) is 11.7 Å². The van der Waals surface area contributed by atoms with Crippen molar-refractivity contribution in [2.24, 2.45) is 0 Å². The topological polar surface area (TPSA) is 79.2 Å². The van der Waals surface area contributed by atoms with E-state index in [0.717, 1.165) is 41.0 Å². The van der Waals surface area contributed by atoms with Gasteiger partial charge in [0.2, 0.25) is 0 Å². The van der Waals surface area contributed by atoms with E-state index < -0.39 is 11.9 Å². The molecule has 0 aliphatic heterocycles. The van der Waals surface area contributed by atoms with Crippen molar-refractivity contribution < 1.29 is 14.3 Å². The number of hydrogen-bond acceptors (Lipinski definition) is 6. The molecule has 2 heterocycles. The Labute approximate surface area is 166 Å². The molecule has 7 heteroatoms. The Morgan fingerprint density at radius 2 is 2.11 bits per heavy atom. The molecule has 0 unspecified atom stereocenters. The Balaban J connectivity index is 1.92. The van der Waals surface area contributed by atoms with Crippen molar-refractivity contribution in [2.75, 3.05) is 5.32 Å². The molecule has 1 aliphatic carbocycles. The van der Waals surface area contributed by atoms with Gasteiger partial charge in [-0.2, -0.15) is 5.26 Å². The van der Waals surface area contributed by atoms with Gasteiger partial charge in [-0.15, -0.1) is 22.7 Å². The minimum atomic E-state index is -0.511. The van der Waals surface area contributed by atoms with Gasteiger partial charge in [0.15, 0.2) is 0 Å². The number of thiophene rings is 2. The minimum absolute atomic E-state index is 0.00648.